The molecule has 0 spiro atoms. The van der Waals surface area contributed by atoms with E-state index in [0.717, 1.165) is 22.5 Å². The van der Waals surface area contributed by atoms with Gasteiger partial charge in [-0.15, -0.1) is 0 Å². The zero-order valence-corrected chi connectivity index (χ0v) is 15.8. The molecular formula is C26H23N4+. The van der Waals surface area contributed by atoms with Gasteiger partial charge < -0.3 is 0 Å². The third-order valence-corrected chi connectivity index (χ3v) is 4.76. The minimum absolute atomic E-state index is 0. The first-order valence-corrected chi connectivity index (χ1v) is 9.55. The first-order valence-electron chi connectivity index (χ1n) is 9.55. The van der Waals surface area contributed by atoms with Crippen molar-refractivity contribution in [2.24, 2.45) is 0 Å². The lowest BCUT2D eigenvalue weighted by Crippen LogP contribution is -2.43. The maximum atomic E-state index is 4.83. The first kappa shape index (κ1) is 19.3. The van der Waals surface area contributed by atoms with E-state index in [1.165, 1.54) is 5.56 Å². The highest BCUT2D eigenvalue weighted by Gasteiger charge is 2.23. The number of para-hydroxylation sites is 2. The summed E-state index contributed by atoms with van der Waals surface area (Å²) in [5.41, 5.74) is 5.20. The van der Waals surface area contributed by atoms with Crippen molar-refractivity contribution in [3.8, 4) is 33.9 Å². The lowest BCUT2D eigenvalue weighted by atomic mass is 10.0. The summed E-state index contributed by atoms with van der Waals surface area (Å²) in [6.07, 6.45) is 0. The number of hydrogen-bond acceptors (Lipinski definition) is 2. The van der Waals surface area contributed by atoms with Crippen molar-refractivity contribution >= 4 is 0 Å². The number of rotatable bonds is 4. The third kappa shape index (κ3) is 3.76. The van der Waals surface area contributed by atoms with Crippen LogP contribution in [0.25, 0.3) is 33.9 Å². The van der Waals surface area contributed by atoms with Crippen LogP contribution in [0.3, 0.4) is 0 Å². The fraction of sp³-hybridized carbons (Fsp3) is 0.0385. The molecule has 0 aliphatic carbocycles. The first-order chi connectivity index (χ1) is 14.4. The van der Waals surface area contributed by atoms with Gasteiger partial charge in [0.05, 0.1) is 10.7 Å². The second-order valence-corrected chi connectivity index (χ2v) is 6.72. The monoisotopic (exact) mass is 391 g/mol. The minimum Gasteiger partial charge on any atom is -0.0776 e. The molecule has 5 rings (SSSR count). The number of nitrogens with zero attached hydrogens (tertiary/aromatic N) is 4. The van der Waals surface area contributed by atoms with Crippen molar-refractivity contribution in [1.82, 2.24) is 15.0 Å². The van der Waals surface area contributed by atoms with Gasteiger partial charge in [0.2, 0.25) is 0 Å². The third-order valence-electron chi connectivity index (χ3n) is 4.76. The van der Waals surface area contributed by atoms with E-state index in [2.05, 4.69) is 24.3 Å². The van der Waals surface area contributed by atoms with Crippen LogP contribution in [0, 0.1) is 0 Å². The normalized spacial score (nSPS) is 10.4. The lowest BCUT2D eigenvalue weighted by Gasteiger charge is -2.01. The summed E-state index contributed by atoms with van der Waals surface area (Å²) < 4.78 is 0. The van der Waals surface area contributed by atoms with Gasteiger partial charge in [-0.3, -0.25) is 0 Å². The summed E-state index contributed by atoms with van der Waals surface area (Å²) in [6.45, 7) is 0. The highest BCUT2D eigenvalue weighted by atomic mass is 15.7. The van der Waals surface area contributed by atoms with E-state index in [1.54, 1.807) is 0 Å². The molecule has 4 nitrogen and oxygen atoms in total. The van der Waals surface area contributed by atoms with Crippen LogP contribution in [0.5, 0.6) is 0 Å². The smallest absolute Gasteiger partial charge is 0.0776 e. The molecule has 30 heavy (non-hydrogen) atoms. The van der Waals surface area contributed by atoms with Crippen LogP contribution in [0.15, 0.2) is 115 Å². The zero-order chi connectivity index (χ0) is 19.5. The Morgan fingerprint density at radius 1 is 0.567 bits per heavy atom. The van der Waals surface area contributed by atoms with E-state index >= 15 is 0 Å². The molecule has 0 aliphatic heterocycles. The van der Waals surface area contributed by atoms with Gasteiger partial charge in [0, 0.05) is 4.80 Å². The quantitative estimate of drug-likeness (QED) is 0.378. The van der Waals surface area contributed by atoms with E-state index in [9.17, 15) is 0 Å². The Morgan fingerprint density at radius 3 is 1.83 bits per heavy atom. The fourth-order valence-electron chi connectivity index (χ4n) is 3.32. The van der Waals surface area contributed by atoms with Crippen LogP contribution >= 0.6 is 0 Å². The molecule has 4 heteroatoms. The van der Waals surface area contributed by atoms with Gasteiger partial charge >= 0.3 is 5.82 Å². The van der Waals surface area contributed by atoms with Crippen LogP contribution < -0.4 is 4.80 Å². The van der Waals surface area contributed by atoms with Crippen molar-refractivity contribution in [2.75, 3.05) is 0 Å². The Morgan fingerprint density at radius 2 is 1.13 bits per heavy atom. The summed E-state index contributed by atoms with van der Waals surface area (Å²) in [6, 6.07) is 38.8. The van der Waals surface area contributed by atoms with Crippen LogP contribution in [0.1, 0.15) is 7.43 Å². The van der Waals surface area contributed by atoms with Gasteiger partial charge in [0.15, 0.2) is 5.69 Å². The van der Waals surface area contributed by atoms with Gasteiger partial charge in [0.25, 0.3) is 0 Å². The van der Waals surface area contributed by atoms with Crippen molar-refractivity contribution in [3.63, 3.8) is 0 Å². The zero-order valence-electron chi connectivity index (χ0n) is 15.8. The summed E-state index contributed by atoms with van der Waals surface area (Å²) in [5.74, 6) is 0.676. The molecule has 0 radical (unpaired) electrons. The van der Waals surface area contributed by atoms with Gasteiger partial charge in [-0.05, 0) is 57.4 Å². The van der Waals surface area contributed by atoms with Crippen LogP contribution in [0.2, 0.25) is 0 Å². The summed E-state index contributed by atoms with van der Waals surface area (Å²) in [5, 5.41) is 9.66. The van der Waals surface area contributed by atoms with Crippen molar-refractivity contribution < 1.29 is 4.80 Å². The number of aromatic nitrogens is 4. The molecule has 0 N–H and O–H groups in total. The van der Waals surface area contributed by atoms with Gasteiger partial charge in [-0.1, -0.05) is 86.3 Å². The summed E-state index contributed by atoms with van der Waals surface area (Å²) >= 11 is 0. The predicted molar refractivity (Wildman–Crippen MR) is 120 cm³/mol. The highest BCUT2D eigenvalue weighted by molar-refractivity contribution is 5.69. The number of hydrogen-bond donors (Lipinski definition) is 0. The lowest BCUT2D eigenvalue weighted by molar-refractivity contribution is -0.734. The second-order valence-electron chi connectivity index (χ2n) is 6.72. The topological polar surface area (TPSA) is 34.6 Å². The van der Waals surface area contributed by atoms with E-state index in [0.29, 0.717) is 5.82 Å². The fourth-order valence-corrected chi connectivity index (χ4v) is 3.32. The Kier molecular flexibility index (Phi) is 5.48. The molecule has 0 saturated carbocycles. The Balaban J connectivity index is 0.00000218. The van der Waals surface area contributed by atoms with Crippen LogP contribution in [0.4, 0.5) is 0 Å². The SMILES string of the molecule is C.c1ccc(-c2cccc(-c3nn(-c4ccccc4)[n+](-c4ccccc4)n3)c2)cc1. The molecular weight excluding hydrogens is 368 g/mol. The molecule has 0 aliphatic rings. The highest BCUT2D eigenvalue weighted by Crippen LogP contribution is 2.24. The van der Waals surface area contributed by atoms with Crippen molar-refractivity contribution in [3.05, 3.63) is 115 Å². The molecule has 1 heterocycles. The van der Waals surface area contributed by atoms with Gasteiger partial charge in [-0.2, -0.15) is 0 Å². The van der Waals surface area contributed by atoms with E-state index in [4.69, 9.17) is 10.2 Å². The van der Waals surface area contributed by atoms with E-state index < -0.39 is 0 Å². The van der Waals surface area contributed by atoms with Crippen molar-refractivity contribution in [2.45, 2.75) is 7.43 Å². The standard InChI is InChI=1S/C25H19N4.CH4/c1-4-11-20(12-5-1)21-13-10-14-22(19-21)25-26-28(23-15-6-2-7-16-23)29(27-25)24-17-8-3-9-18-24;/h1-19H;1H4/q+1;. The average Bonchev–Trinajstić information content (AvgIpc) is 3.27. The summed E-state index contributed by atoms with van der Waals surface area (Å²) in [7, 11) is 0. The van der Waals surface area contributed by atoms with Crippen LogP contribution in [-0.4, -0.2) is 15.0 Å². The molecule has 0 fully saturated rings. The maximum Gasteiger partial charge on any atom is 0.340 e. The molecule has 146 valence electrons. The average molecular weight is 391 g/mol. The van der Waals surface area contributed by atoms with E-state index in [-0.39, 0.29) is 7.43 Å². The molecule has 1 aromatic heterocycles. The second kappa shape index (κ2) is 8.53. The summed E-state index contributed by atoms with van der Waals surface area (Å²) in [4.78, 5) is 3.67. The molecule has 0 amide bonds. The Hall–Kier alpha value is -4.05. The largest absolute Gasteiger partial charge is 0.340 e. The van der Waals surface area contributed by atoms with Crippen LogP contribution in [-0.2, 0) is 0 Å². The molecule has 0 unspecified atom stereocenters. The number of benzene rings is 4. The molecule has 0 saturated heterocycles. The van der Waals surface area contributed by atoms with Crippen molar-refractivity contribution in [1.29, 1.82) is 0 Å². The molecule has 4 aromatic carbocycles. The maximum absolute atomic E-state index is 4.83. The molecule has 0 atom stereocenters. The van der Waals surface area contributed by atoms with Gasteiger partial charge in [0.1, 0.15) is 5.69 Å². The van der Waals surface area contributed by atoms with E-state index in [1.807, 2.05) is 101 Å². The predicted octanol–water partition coefficient (Wildman–Crippen LogP) is 5.51. The Bertz CT molecular complexity index is 1170. The Labute approximate surface area is 176 Å². The number of tetrazole rings is 1. The molecule has 5 aromatic rings. The van der Waals surface area contributed by atoms with Gasteiger partial charge in [-0.25, -0.2) is 0 Å². The molecule has 0 bridgehead atoms. The minimum atomic E-state index is 0.